The van der Waals surface area contributed by atoms with E-state index in [1.807, 2.05) is 30.3 Å². The summed E-state index contributed by atoms with van der Waals surface area (Å²) < 4.78 is 0. The fraction of sp³-hybridized carbons (Fsp3) is 0. The van der Waals surface area contributed by atoms with Crippen LogP contribution in [0.25, 0.3) is 111 Å². The van der Waals surface area contributed by atoms with Crippen LogP contribution >= 0.6 is 0 Å². The van der Waals surface area contributed by atoms with Crippen molar-refractivity contribution < 1.29 is 0 Å². The molecule has 0 saturated carbocycles. The summed E-state index contributed by atoms with van der Waals surface area (Å²) in [5.74, 6) is 1.91. The second kappa shape index (κ2) is 14.1. The van der Waals surface area contributed by atoms with E-state index in [1.165, 1.54) is 59.8 Å². The molecule has 0 saturated heterocycles. The maximum Gasteiger partial charge on any atom is 0.164 e. The first kappa shape index (κ1) is 33.6. The van der Waals surface area contributed by atoms with Crippen LogP contribution in [0.15, 0.2) is 212 Å². The molecule has 0 atom stereocenters. The van der Waals surface area contributed by atoms with Gasteiger partial charge in [0.15, 0.2) is 17.5 Å². The van der Waals surface area contributed by atoms with Gasteiger partial charge in [-0.05, 0) is 101 Å². The summed E-state index contributed by atoms with van der Waals surface area (Å²) >= 11 is 0. The molecule has 0 aliphatic rings. The molecule has 3 nitrogen and oxygen atoms in total. The molecule has 1 heterocycles. The first-order valence-corrected chi connectivity index (χ1v) is 19.7. The molecule has 0 unspecified atom stereocenters. The number of rotatable bonds is 6. The molecule has 58 heavy (non-hydrogen) atoms. The molecular weight excluding hydrogens is 703 g/mol. The molecule has 0 bridgehead atoms. The van der Waals surface area contributed by atoms with Gasteiger partial charge in [-0.1, -0.05) is 188 Å². The highest BCUT2D eigenvalue weighted by molar-refractivity contribution is 6.20. The van der Waals surface area contributed by atoms with Crippen molar-refractivity contribution in [3.63, 3.8) is 0 Å². The number of hydrogen-bond acceptors (Lipinski definition) is 3. The Morgan fingerprint density at radius 2 is 0.690 bits per heavy atom. The maximum atomic E-state index is 5.11. The zero-order chi connectivity index (χ0) is 38.4. The van der Waals surface area contributed by atoms with Gasteiger partial charge >= 0.3 is 0 Å². The Morgan fingerprint density at radius 3 is 1.45 bits per heavy atom. The third kappa shape index (κ3) is 6.07. The Balaban J connectivity index is 1.00. The highest BCUT2D eigenvalue weighted by atomic mass is 15.0. The van der Waals surface area contributed by atoms with Crippen LogP contribution in [-0.4, -0.2) is 15.0 Å². The number of nitrogens with zero attached hydrogens (tertiary/aromatic N) is 3. The fourth-order valence-corrected chi connectivity index (χ4v) is 8.35. The minimum Gasteiger partial charge on any atom is -0.208 e. The quantitative estimate of drug-likeness (QED) is 0.126. The van der Waals surface area contributed by atoms with Crippen LogP contribution in [-0.2, 0) is 0 Å². The largest absolute Gasteiger partial charge is 0.208 e. The zero-order valence-corrected chi connectivity index (χ0v) is 31.5. The van der Waals surface area contributed by atoms with Crippen LogP contribution in [0.2, 0.25) is 0 Å². The van der Waals surface area contributed by atoms with Crippen molar-refractivity contribution >= 4 is 43.1 Å². The van der Waals surface area contributed by atoms with Gasteiger partial charge < -0.3 is 0 Å². The van der Waals surface area contributed by atoms with Crippen molar-refractivity contribution in [3.05, 3.63) is 212 Å². The lowest BCUT2D eigenvalue weighted by Gasteiger charge is -2.15. The zero-order valence-electron chi connectivity index (χ0n) is 31.5. The van der Waals surface area contributed by atoms with Gasteiger partial charge in [0.1, 0.15) is 0 Å². The fourth-order valence-electron chi connectivity index (χ4n) is 8.35. The van der Waals surface area contributed by atoms with E-state index in [1.54, 1.807) is 0 Å². The van der Waals surface area contributed by atoms with Gasteiger partial charge in [0, 0.05) is 16.7 Å². The van der Waals surface area contributed by atoms with E-state index in [2.05, 4.69) is 182 Å². The molecule has 10 aromatic carbocycles. The third-order valence-corrected chi connectivity index (χ3v) is 11.3. The molecule has 0 aliphatic carbocycles. The highest BCUT2D eigenvalue weighted by Crippen LogP contribution is 2.41. The molecule has 0 aliphatic heterocycles. The lowest BCUT2D eigenvalue weighted by atomic mass is 9.89. The minimum absolute atomic E-state index is 0.632. The molecule has 0 spiro atoms. The molecule has 3 heteroatoms. The van der Waals surface area contributed by atoms with Crippen LogP contribution in [0, 0.1) is 0 Å². The summed E-state index contributed by atoms with van der Waals surface area (Å²) in [6.45, 7) is 0. The van der Waals surface area contributed by atoms with Gasteiger partial charge in [0.05, 0.1) is 0 Å². The topological polar surface area (TPSA) is 38.7 Å². The molecule has 0 amide bonds. The lowest BCUT2D eigenvalue weighted by molar-refractivity contribution is 1.07. The Labute approximate surface area is 336 Å². The predicted molar refractivity (Wildman–Crippen MR) is 242 cm³/mol. The summed E-state index contributed by atoms with van der Waals surface area (Å²) in [6.07, 6.45) is 0. The van der Waals surface area contributed by atoms with Gasteiger partial charge in [-0.3, -0.25) is 0 Å². The molecule has 270 valence electrons. The van der Waals surface area contributed by atoms with Crippen LogP contribution in [0.5, 0.6) is 0 Å². The molecule has 0 fully saturated rings. The van der Waals surface area contributed by atoms with E-state index in [0.29, 0.717) is 17.5 Å². The van der Waals surface area contributed by atoms with Crippen molar-refractivity contribution in [2.45, 2.75) is 0 Å². The first-order valence-electron chi connectivity index (χ1n) is 19.7. The second-order valence-corrected chi connectivity index (χ2v) is 14.8. The average Bonchev–Trinajstić information content (AvgIpc) is 3.31. The molecule has 0 radical (unpaired) electrons. The normalized spacial score (nSPS) is 11.4. The van der Waals surface area contributed by atoms with E-state index in [4.69, 9.17) is 15.0 Å². The third-order valence-electron chi connectivity index (χ3n) is 11.3. The number of hydrogen-bond donors (Lipinski definition) is 0. The molecule has 0 N–H and O–H groups in total. The Morgan fingerprint density at radius 1 is 0.207 bits per heavy atom. The second-order valence-electron chi connectivity index (χ2n) is 14.8. The van der Waals surface area contributed by atoms with E-state index < -0.39 is 0 Å². The molecular formula is C55H35N3. The molecule has 11 rings (SSSR count). The van der Waals surface area contributed by atoms with E-state index in [0.717, 1.165) is 33.4 Å². The Hall–Kier alpha value is -7.75. The Kier molecular flexibility index (Phi) is 8.15. The van der Waals surface area contributed by atoms with Crippen molar-refractivity contribution in [2.24, 2.45) is 0 Å². The molecule has 11 aromatic rings. The lowest BCUT2D eigenvalue weighted by Crippen LogP contribution is -2.00. The average molecular weight is 738 g/mol. The van der Waals surface area contributed by atoms with Gasteiger partial charge in [0.25, 0.3) is 0 Å². The van der Waals surface area contributed by atoms with Crippen LogP contribution in [0.3, 0.4) is 0 Å². The standard InChI is InChI=1S/C55H35N3/c1-2-14-39(15-3-1)53-56-54(40-27-24-37(25-28-40)44-29-26-36-12-4-5-16-41(36)32-44)58-55(57-53)47-21-11-19-43(34-47)42-18-10-20-46(33-42)52-49-23-9-7-17-45(49)35-51-48-22-8-6-13-38(48)30-31-50(51)52/h1-35H. The van der Waals surface area contributed by atoms with Gasteiger partial charge in [0.2, 0.25) is 0 Å². The van der Waals surface area contributed by atoms with Crippen molar-refractivity contribution in [1.29, 1.82) is 0 Å². The van der Waals surface area contributed by atoms with Crippen molar-refractivity contribution in [1.82, 2.24) is 15.0 Å². The number of fused-ring (bicyclic) bond motifs is 5. The minimum atomic E-state index is 0.632. The van der Waals surface area contributed by atoms with E-state index >= 15 is 0 Å². The SMILES string of the molecule is c1ccc(-c2nc(-c3ccc(-c4ccc5ccccc5c4)cc3)nc(-c3cccc(-c4cccc(-c5c6ccccc6cc6c5ccc5ccccc56)c4)c3)n2)cc1. The summed E-state index contributed by atoms with van der Waals surface area (Å²) in [6, 6.07) is 75.5. The maximum absolute atomic E-state index is 5.11. The van der Waals surface area contributed by atoms with Crippen LogP contribution in [0.1, 0.15) is 0 Å². The number of benzene rings is 10. The first-order chi connectivity index (χ1) is 28.7. The summed E-state index contributed by atoms with van der Waals surface area (Å²) in [5, 5.41) is 9.97. The monoisotopic (exact) mass is 737 g/mol. The summed E-state index contributed by atoms with van der Waals surface area (Å²) in [5.41, 5.74) is 9.78. The van der Waals surface area contributed by atoms with Crippen LogP contribution < -0.4 is 0 Å². The molecule has 1 aromatic heterocycles. The van der Waals surface area contributed by atoms with Gasteiger partial charge in [-0.25, -0.2) is 15.0 Å². The van der Waals surface area contributed by atoms with E-state index in [9.17, 15) is 0 Å². The van der Waals surface area contributed by atoms with Crippen molar-refractivity contribution in [2.75, 3.05) is 0 Å². The number of aromatic nitrogens is 3. The van der Waals surface area contributed by atoms with Crippen molar-refractivity contribution in [3.8, 4) is 67.5 Å². The summed E-state index contributed by atoms with van der Waals surface area (Å²) in [7, 11) is 0. The van der Waals surface area contributed by atoms with Crippen LogP contribution in [0.4, 0.5) is 0 Å². The highest BCUT2D eigenvalue weighted by Gasteiger charge is 2.16. The smallest absolute Gasteiger partial charge is 0.164 e. The van der Waals surface area contributed by atoms with Gasteiger partial charge in [-0.2, -0.15) is 0 Å². The summed E-state index contributed by atoms with van der Waals surface area (Å²) in [4.78, 5) is 15.2. The van der Waals surface area contributed by atoms with E-state index in [-0.39, 0.29) is 0 Å². The van der Waals surface area contributed by atoms with Gasteiger partial charge in [-0.15, -0.1) is 0 Å². The predicted octanol–water partition coefficient (Wildman–Crippen LogP) is 14.5. The Bertz CT molecular complexity index is 3330.